The highest BCUT2D eigenvalue weighted by Gasteiger charge is 2.15. The van der Waals surface area contributed by atoms with E-state index in [1.54, 1.807) is 32.3 Å². The third kappa shape index (κ3) is 3.92. The Balaban J connectivity index is 1.98. The van der Waals surface area contributed by atoms with Gasteiger partial charge in [0.25, 0.3) is 0 Å². The summed E-state index contributed by atoms with van der Waals surface area (Å²) < 4.78 is 0. The van der Waals surface area contributed by atoms with Crippen molar-refractivity contribution >= 4 is 11.6 Å². The van der Waals surface area contributed by atoms with Crippen molar-refractivity contribution in [1.29, 1.82) is 0 Å². The number of rotatable bonds is 4. The number of amides is 1. The van der Waals surface area contributed by atoms with Crippen molar-refractivity contribution in [2.45, 2.75) is 20.3 Å². The Morgan fingerprint density at radius 2 is 1.90 bits per heavy atom. The predicted octanol–water partition coefficient (Wildman–Crippen LogP) is 2.01. The topological polar surface area (TPSA) is 95.3 Å². The van der Waals surface area contributed by atoms with Gasteiger partial charge in [-0.05, 0) is 31.0 Å². The highest BCUT2D eigenvalue weighted by molar-refractivity contribution is 5.92. The van der Waals surface area contributed by atoms with E-state index < -0.39 is 0 Å². The zero-order chi connectivity index (χ0) is 15.4. The second-order valence-electron chi connectivity index (χ2n) is 4.94. The molecule has 3 N–H and O–H groups in total. The van der Waals surface area contributed by atoms with E-state index in [-0.39, 0.29) is 23.3 Å². The van der Waals surface area contributed by atoms with Gasteiger partial charge in [-0.2, -0.15) is 0 Å². The number of nitrogens with zero attached hydrogens (tertiary/aromatic N) is 2. The molecule has 0 saturated carbocycles. The van der Waals surface area contributed by atoms with Crippen molar-refractivity contribution in [2.75, 3.05) is 5.32 Å². The van der Waals surface area contributed by atoms with Gasteiger partial charge in [0.15, 0.2) is 11.5 Å². The van der Waals surface area contributed by atoms with E-state index in [0.717, 1.165) is 5.56 Å². The van der Waals surface area contributed by atoms with Crippen LogP contribution in [0.4, 0.5) is 5.69 Å². The van der Waals surface area contributed by atoms with Crippen LogP contribution in [0.5, 0.6) is 11.5 Å². The number of benzene rings is 1. The van der Waals surface area contributed by atoms with Crippen LogP contribution >= 0.6 is 0 Å². The first-order valence-electron chi connectivity index (χ1n) is 6.56. The summed E-state index contributed by atoms with van der Waals surface area (Å²) in [5.74, 6) is -0.175. The zero-order valence-electron chi connectivity index (χ0n) is 11.9. The minimum Gasteiger partial charge on any atom is -0.504 e. The molecule has 0 aliphatic carbocycles. The second kappa shape index (κ2) is 6.21. The minimum atomic E-state index is -0.296. The molecular formula is C15H17N3O3. The van der Waals surface area contributed by atoms with Crippen molar-refractivity contribution in [1.82, 2.24) is 9.97 Å². The molecule has 2 aromatic rings. The molecule has 21 heavy (non-hydrogen) atoms. The number of aromatic nitrogens is 2. The maximum absolute atomic E-state index is 12.1. The van der Waals surface area contributed by atoms with Gasteiger partial charge < -0.3 is 15.5 Å². The van der Waals surface area contributed by atoms with E-state index in [1.165, 1.54) is 12.1 Å². The normalized spacial score (nSPS) is 11.9. The Labute approximate surface area is 122 Å². The van der Waals surface area contributed by atoms with Crippen LogP contribution in [-0.4, -0.2) is 26.1 Å². The van der Waals surface area contributed by atoms with Crippen molar-refractivity contribution in [3.63, 3.8) is 0 Å². The van der Waals surface area contributed by atoms with Crippen LogP contribution in [0.15, 0.2) is 30.6 Å². The molecule has 1 amide bonds. The first kappa shape index (κ1) is 14.8. The third-order valence-corrected chi connectivity index (χ3v) is 3.08. The number of carbonyl (C=O) groups is 1. The molecule has 6 nitrogen and oxygen atoms in total. The van der Waals surface area contributed by atoms with Crippen LogP contribution in [0.3, 0.4) is 0 Å². The van der Waals surface area contributed by atoms with E-state index in [4.69, 9.17) is 0 Å². The van der Waals surface area contributed by atoms with Gasteiger partial charge in [-0.15, -0.1) is 0 Å². The van der Waals surface area contributed by atoms with Crippen molar-refractivity contribution in [2.24, 2.45) is 5.92 Å². The summed E-state index contributed by atoms with van der Waals surface area (Å²) in [7, 11) is 0. The minimum absolute atomic E-state index is 0.157. The number of nitrogens with one attached hydrogen (secondary N) is 1. The van der Waals surface area contributed by atoms with Gasteiger partial charge >= 0.3 is 0 Å². The van der Waals surface area contributed by atoms with Crippen LogP contribution < -0.4 is 5.32 Å². The number of phenolic OH excluding ortho intramolecular Hbond substituents is 2. The summed E-state index contributed by atoms with van der Waals surface area (Å²) in [6.07, 6.45) is 3.56. The summed E-state index contributed by atoms with van der Waals surface area (Å²) >= 11 is 0. The van der Waals surface area contributed by atoms with Gasteiger partial charge in [-0.25, -0.2) is 9.97 Å². The largest absolute Gasteiger partial charge is 0.504 e. The van der Waals surface area contributed by atoms with Gasteiger partial charge in [0.05, 0.1) is 18.1 Å². The molecule has 0 aliphatic rings. The molecule has 6 heteroatoms. The molecule has 0 spiro atoms. The lowest BCUT2D eigenvalue weighted by Gasteiger charge is -2.12. The Morgan fingerprint density at radius 1 is 1.24 bits per heavy atom. The van der Waals surface area contributed by atoms with Crippen molar-refractivity contribution in [3.8, 4) is 11.5 Å². The fraction of sp³-hybridized carbons (Fsp3) is 0.267. The lowest BCUT2D eigenvalue weighted by Crippen LogP contribution is -2.22. The molecule has 0 bridgehead atoms. The Morgan fingerprint density at radius 3 is 2.52 bits per heavy atom. The van der Waals surface area contributed by atoms with E-state index in [9.17, 15) is 15.0 Å². The summed E-state index contributed by atoms with van der Waals surface area (Å²) in [5.41, 5.74) is 1.32. The maximum Gasteiger partial charge on any atom is 0.227 e. The molecule has 1 aromatic heterocycles. The quantitative estimate of drug-likeness (QED) is 0.748. The number of carbonyl (C=O) groups excluding carboxylic acids is 1. The smallest absolute Gasteiger partial charge is 0.227 e. The third-order valence-electron chi connectivity index (χ3n) is 3.08. The first-order valence-corrected chi connectivity index (χ1v) is 6.56. The predicted molar refractivity (Wildman–Crippen MR) is 78.0 cm³/mol. The number of phenols is 2. The number of hydrogen-bond acceptors (Lipinski definition) is 5. The van der Waals surface area contributed by atoms with Crippen LogP contribution in [-0.2, 0) is 11.2 Å². The van der Waals surface area contributed by atoms with Gasteiger partial charge in [0.1, 0.15) is 5.82 Å². The lowest BCUT2D eigenvalue weighted by atomic mass is 10.00. The molecule has 1 aromatic carbocycles. The van der Waals surface area contributed by atoms with E-state index in [1.807, 2.05) is 0 Å². The molecule has 1 heterocycles. The van der Waals surface area contributed by atoms with Gasteiger partial charge in [0.2, 0.25) is 5.91 Å². The monoisotopic (exact) mass is 287 g/mol. The fourth-order valence-electron chi connectivity index (χ4n) is 1.86. The molecular weight excluding hydrogens is 270 g/mol. The van der Waals surface area contributed by atoms with Gasteiger partial charge in [-0.3, -0.25) is 4.79 Å². The van der Waals surface area contributed by atoms with Crippen LogP contribution in [0.25, 0.3) is 0 Å². The lowest BCUT2D eigenvalue weighted by molar-refractivity contribution is -0.119. The average molecular weight is 287 g/mol. The number of aryl methyl sites for hydroxylation is 1. The molecule has 110 valence electrons. The Kier molecular flexibility index (Phi) is 4.37. The average Bonchev–Trinajstić information content (AvgIpc) is 2.45. The van der Waals surface area contributed by atoms with Crippen molar-refractivity contribution < 1.29 is 15.0 Å². The van der Waals surface area contributed by atoms with E-state index >= 15 is 0 Å². The van der Waals surface area contributed by atoms with Gasteiger partial charge in [-0.1, -0.05) is 13.0 Å². The fourth-order valence-corrected chi connectivity index (χ4v) is 1.86. The zero-order valence-corrected chi connectivity index (χ0v) is 11.9. The summed E-state index contributed by atoms with van der Waals surface area (Å²) in [6.45, 7) is 3.56. The standard InChI is InChI=1S/C15H17N3O3/c1-9(5-11-3-4-13(19)14(20)6-11)15(21)18-12-7-16-10(2)17-8-12/h3-4,6-9,19-20H,5H2,1-2H3,(H,18,21). The number of aromatic hydroxyl groups is 2. The molecule has 1 unspecified atom stereocenters. The highest BCUT2D eigenvalue weighted by Crippen LogP contribution is 2.26. The summed E-state index contributed by atoms with van der Waals surface area (Å²) in [4.78, 5) is 20.1. The molecule has 0 aliphatic heterocycles. The summed E-state index contributed by atoms with van der Waals surface area (Å²) in [6, 6.07) is 4.53. The molecule has 0 fully saturated rings. The van der Waals surface area contributed by atoms with Crippen LogP contribution in [0.1, 0.15) is 18.3 Å². The van der Waals surface area contributed by atoms with Crippen molar-refractivity contribution in [3.05, 3.63) is 42.0 Å². The SMILES string of the molecule is Cc1ncc(NC(=O)C(C)Cc2ccc(O)c(O)c2)cn1. The van der Waals surface area contributed by atoms with Gasteiger partial charge in [0, 0.05) is 5.92 Å². The number of anilines is 1. The molecule has 2 rings (SSSR count). The van der Waals surface area contributed by atoms with Crippen LogP contribution in [0, 0.1) is 12.8 Å². The highest BCUT2D eigenvalue weighted by atomic mass is 16.3. The molecule has 0 radical (unpaired) electrons. The van der Waals surface area contributed by atoms with Crippen LogP contribution in [0.2, 0.25) is 0 Å². The Bertz CT molecular complexity index is 641. The first-order chi connectivity index (χ1) is 9.95. The number of hydrogen-bond donors (Lipinski definition) is 3. The maximum atomic E-state index is 12.1. The Hall–Kier alpha value is -2.63. The van der Waals surface area contributed by atoms with E-state index in [0.29, 0.717) is 17.9 Å². The summed E-state index contributed by atoms with van der Waals surface area (Å²) in [5, 5.41) is 21.4. The van der Waals surface area contributed by atoms with E-state index in [2.05, 4.69) is 15.3 Å². The molecule has 1 atom stereocenters. The molecule has 0 saturated heterocycles. The second-order valence-corrected chi connectivity index (χ2v) is 4.94.